The Morgan fingerprint density at radius 3 is 2.12 bits per heavy atom. The van der Waals surface area contributed by atoms with Crippen LogP contribution in [-0.4, -0.2) is 19.0 Å². The van der Waals surface area contributed by atoms with Gasteiger partial charge in [-0.3, -0.25) is 4.79 Å². The van der Waals surface area contributed by atoms with Crippen LogP contribution in [-0.2, 0) is 4.74 Å². The maximum Gasteiger partial charge on any atom is 0.227 e. The summed E-state index contributed by atoms with van der Waals surface area (Å²) < 4.78 is 11.6. The molecule has 0 radical (unpaired) electrons. The molecule has 0 fully saturated rings. The zero-order chi connectivity index (χ0) is 22.6. The van der Waals surface area contributed by atoms with Gasteiger partial charge in [-0.25, -0.2) is 0 Å². The summed E-state index contributed by atoms with van der Waals surface area (Å²) in [4.78, 5) is 12.9. The van der Waals surface area contributed by atoms with Crippen molar-refractivity contribution in [1.29, 1.82) is 0 Å². The second-order valence-corrected chi connectivity index (χ2v) is 7.52. The van der Waals surface area contributed by atoms with Crippen LogP contribution in [0.3, 0.4) is 0 Å². The van der Waals surface area contributed by atoms with E-state index in [9.17, 15) is 4.79 Å². The number of Topliss-reactive ketones (excluding diaryl/α,β-unsaturated/α-hetero) is 1. The number of unbranched alkanes of at least 4 members (excludes halogenated alkanes) is 3. The summed E-state index contributed by atoms with van der Waals surface area (Å²) in [6.07, 6.45) is 5.57. The van der Waals surface area contributed by atoms with Crippen molar-refractivity contribution in [2.24, 2.45) is 0 Å². The minimum atomic E-state index is -0.107. The summed E-state index contributed by atoms with van der Waals surface area (Å²) in [5.41, 5.74) is 14.3. The van der Waals surface area contributed by atoms with Crippen molar-refractivity contribution < 1.29 is 14.3 Å². The van der Waals surface area contributed by atoms with Crippen LogP contribution in [0.2, 0.25) is 0 Å². The number of carbonyl (C=O) groups excluding carboxylic acids is 1. The number of rotatable bonds is 12. The molecule has 0 bridgehead atoms. The van der Waals surface area contributed by atoms with Crippen LogP contribution in [0, 0.1) is 0 Å². The van der Waals surface area contributed by atoms with E-state index in [1.807, 2.05) is 48.5 Å². The Balaban J connectivity index is 1.44. The van der Waals surface area contributed by atoms with E-state index in [1.54, 1.807) is 36.4 Å². The number of ether oxygens (including phenoxy) is 2. The average Bonchev–Trinajstić information content (AvgIpc) is 2.82. The molecule has 4 N–H and O–H groups in total. The van der Waals surface area contributed by atoms with Crippen molar-refractivity contribution in [3.63, 3.8) is 0 Å². The average molecular weight is 431 g/mol. The molecule has 0 saturated heterocycles. The van der Waals surface area contributed by atoms with Crippen LogP contribution < -0.4 is 16.2 Å². The highest BCUT2D eigenvalue weighted by molar-refractivity contribution is 6.09. The predicted octanol–water partition coefficient (Wildman–Crippen LogP) is 5.73. The fourth-order valence-corrected chi connectivity index (χ4v) is 3.23. The lowest BCUT2D eigenvalue weighted by molar-refractivity contribution is 0.0919. The summed E-state index contributed by atoms with van der Waals surface area (Å²) in [6, 6.07) is 24.2. The first-order valence-corrected chi connectivity index (χ1v) is 10.9. The van der Waals surface area contributed by atoms with Gasteiger partial charge in [0.2, 0.25) is 5.78 Å². The fraction of sp³-hybridized carbons (Fsp3) is 0.222. The minimum Gasteiger partial charge on any atom is -0.491 e. The smallest absolute Gasteiger partial charge is 0.227 e. The molecule has 166 valence electrons. The lowest BCUT2D eigenvalue weighted by Gasteiger charge is -2.11. The number of anilines is 2. The molecule has 3 aromatic carbocycles. The van der Waals surface area contributed by atoms with Gasteiger partial charge >= 0.3 is 0 Å². The molecule has 0 saturated carbocycles. The maximum atomic E-state index is 12.9. The molecule has 5 nitrogen and oxygen atoms in total. The summed E-state index contributed by atoms with van der Waals surface area (Å²) in [5.74, 6) is 0.922. The van der Waals surface area contributed by atoms with Crippen molar-refractivity contribution >= 4 is 23.2 Å². The van der Waals surface area contributed by atoms with E-state index in [4.69, 9.17) is 20.9 Å². The molecule has 0 aromatic heterocycles. The summed E-state index contributed by atoms with van der Waals surface area (Å²) >= 11 is 0. The normalized spacial score (nSPS) is 11.2. The zero-order valence-corrected chi connectivity index (χ0v) is 18.2. The maximum absolute atomic E-state index is 12.9. The van der Waals surface area contributed by atoms with E-state index in [0.29, 0.717) is 41.7 Å². The molecule has 3 rings (SSSR count). The number of hydrogen-bond acceptors (Lipinski definition) is 5. The molecule has 0 unspecified atom stereocenters. The third kappa shape index (κ3) is 7.20. The van der Waals surface area contributed by atoms with Crippen molar-refractivity contribution in [1.82, 2.24) is 0 Å². The molecule has 0 aliphatic rings. The van der Waals surface area contributed by atoms with Gasteiger partial charge in [0.15, 0.2) is 5.76 Å². The van der Waals surface area contributed by atoms with Crippen LogP contribution in [0.15, 0.2) is 84.6 Å². The van der Waals surface area contributed by atoms with Gasteiger partial charge in [0.1, 0.15) is 5.75 Å². The van der Waals surface area contributed by atoms with Gasteiger partial charge in [-0.05, 0) is 55.5 Å². The Labute approximate surface area is 189 Å². The Morgan fingerprint density at radius 1 is 0.781 bits per heavy atom. The molecular formula is C27H30N2O3. The highest BCUT2D eigenvalue weighted by atomic mass is 16.5. The number of benzene rings is 3. The molecule has 0 heterocycles. The van der Waals surface area contributed by atoms with Crippen LogP contribution >= 0.6 is 0 Å². The number of nitrogen functional groups attached to an aromatic ring is 2. The van der Waals surface area contributed by atoms with Crippen LogP contribution in [0.1, 0.15) is 41.6 Å². The number of nitrogens with two attached hydrogens (primary N) is 2. The van der Waals surface area contributed by atoms with Gasteiger partial charge in [-0.2, -0.15) is 0 Å². The highest BCUT2D eigenvalue weighted by Gasteiger charge is 2.13. The number of hydrogen-bond donors (Lipinski definition) is 2. The molecule has 3 aromatic rings. The third-order valence-corrected chi connectivity index (χ3v) is 4.94. The minimum absolute atomic E-state index is 0.107. The first-order valence-electron chi connectivity index (χ1n) is 10.9. The first-order chi connectivity index (χ1) is 15.6. The van der Waals surface area contributed by atoms with Crippen molar-refractivity contribution in [3.8, 4) is 5.75 Å². The van der Waals surface area contributed by atoms with Gasteiger partial charge in [0.25, 0.3) is 0 Å². The monoisotopic (exact) mass is 430 g/mol. The molecule has 5 heteroatoms. The SMILES string of the molecule is Nc1ccc(OCCCCCCO/C(=C\c2ccccc2)C(=O)c2ccccc2)c(N)c1. The predicted molar refractivity (Wildman–Crippen MR) is 130 cm³/mol. The molecule has 32 heavy (non-hydrogen) atoms. The standard InChI is InChI=1S/C27H30N2O3/c28-23-15-16-25(24(29)20-23)31-17-9-1-2-10-18-32-26(19-21-11-5-3-6-12-21)27(30)22-13-7-4-8-14-22/h3-8,11-16,19-20H,1-2,9-10,17-18,28-29H2/b26-19-. The summed E-state index contributed by atoms with van der Waals surface area (Å²) in [5, 5.41) is 0. The van der Waals surface area contributed by atoms with E-state index in [-0.39, 0.29) is 5.78 Å². The number of allylic oxidation sites excluding steroid dienone is 1. The Morgan fingerprint density at radius 2 is 1.44 bits per heavy atom. The Hall–Kier alpha value is -3.73. The van der Waals surface area contributed by atoms with Crippen molar-refractivity contribution in [2.45, 2.75) is 25.7 Å². The van der Waals surface area contributed by atoms with E-state index < -0.39 is 0 Å². The number of carbonyl (C=O) groups is 1. The molecular weight excluding hydrogens is 400 g/mol. The van der Waals surface area contributed by atoms with E-state index in [0.717, 1.165) is 31.2 Å². The lowest BCUT2D eigenvalue weighted by atomic mass is 10.1. The van der Waals surface area contributed by atoms with E-state index in [1.165, 1.54) is 0 Å². The fourth-order valence-electron chi connectivity index (χ4n) is 3.23. The Bertz CT molecular complexity index is 1020. The third-order valence-electron chi connectivity index (χ3n) is 4.94. The van der Waals surface area contributed by atoms with Crippen LogP contribution in [0.25, 0.3) is 6.08 Å². The van der Waals surface area contributed by atoms with E-state index >= 15 is 0 Å². The first kappa shape index (κ1) is 22.9. The van der Waals surface area contributed by atoms with Crippen molar-refractivity contribution in [2.75, 3.05) is 24.7 Å². The van der Waals surface area contributed by atoms with Crippen molar-refractivity contribution in [3.05, 3.63) is 95.7 Å². The quantitative estimate of drug-likeness (QED) is 0.126. The highest BCUT2D eigenvalue weighted by Crippen LogP contribution is 2.23. The molecule has 0 aliphatic heterocycles. The second kappa shape index (κ2) is 12.2. The van der Waals surface area contributed by atoms with Crippen LogP contribution in [0.4, 0.5) is 11.4 Å². The second-order valence-electron chi connectivity index (χ2n) is 7.52. The van der Waals surface area contributed by atoms with Gasteiger partial charge < -0.3 is 20.9 Å². The molecule has 0 amide bonds. The molecule has 0 aliphatic carbocycles. The van der Waals surface area contributed by atoms with E-state index in [2.05, 4.69) is 0 Å². The largest absolute Gasteiger partial charge is 0.491 e. The summed E-state index contributed by atoms with van der Waals surface area (Å²) in [7, 11) is 0. The topological polar surface area (TPSA) is 87.6 Å². The van der Waals surface area contributed by atoms with Gasteiger partial charge in [0, 0.05) is 11.3 Å². The van der Waals surface area contributed by atoms with Gasteiger partial charge in [-0.15, -0.1) is 0 Å². The van der Waals surface area contributed by atoms with Gasteiger partial charge in [0.05, 0.1) is 18.9 Å². The lowest BCUT2D eigenvalue weighted by Crippen LogP contribution is -2.08. The number of ketones is 1. The summed E-state index contributed by atoms with van der Waals surface area (Å²) in [6.45, 7) is 1.09. The molecule has 0 spiro atoms. The van der Waals surface area contributed by atoms with Gasteiger partial charge in [-0.1, -0.05) is 60.7 Å². The molecule has 0 atom stereocenters. The zero-order valence-electron chi connectivity index (χ0n) is 18.2. The van der Waals surface area contributed by atoms with Crippen LogP contribution in [0.5, 0.6) is 5.75 Å². The Kier molecular flexibility index (Phi) is 8.75.